The largest absolute Gasteiger partial charge is 0.370 e. The molecule has 0 aliphatic rings. The molecule has 1 atom stereocenters. The minimum absolute atomic E-state index is 0.144. The Bertz CT molecular complexity index is 294. The first-order valence-corrected chi connectivity index (χ1v) is 4.21. The molecule has 0 bridgehead atoms. The van der Waals surface area contributed by atoms with E-state index in [1.807, 2.05) is 6.92 Å². The van der Waals surface area contributed by atoms with Gasteiger partial charge in [-0.25, -0.2) is 4.98 Å². The summed E-state index contributed by atoms with van der Waals surface area (Å²) in [7, 11) is 0. The number of amides is 1. The lowest BCUT2D eigenvalue weighted by molar-refractivity contribution is -0.118. The zero-order chi connectivity index (χ0) is 9.84. The number of rotatable bonds is 4. The SMILES string of the molecule is CCc1ncc(C(N)CC(N)=O)[nH]1. The molecule has 0 saturated carbocycles. The lowest BCUT2D eigenvalue weighted by atomic mass is 10.1. The van der Waals surface area contributed by atoms with Crippen molar-refractivity contribution in [1.82, 2.24) is 9.97 Å². The van der Waals surface area contributed by atoms with Crippen LogP contribution in [0, 0.1) is 0 Å². The van der Waals surface area contributed by atoms with Gasteiger partial charge in [0.25, 0.3) is 0 Å². The molecule has 0 radical (unpaired) electrons. The van der Waals surface area contributed by atoms with Crippen LogP contribution in [-0.2, 0) is 11.2 Å². The summed E-state index contributed by atoms with van der Waals surface area (Å²) in [5.74, 6) is 0.468. The summed E-state index contributed by atoms with van der Waals surface area (Å²) in [4.78, 5) is 17.7. The maximum atomic E-state index is 10.6. The minimum Gasteiger partial charge on any atom is -0.370 e. The van der Waals surface area contributed by atoms with Crippen molar-refractivity contribution in [1.29, 1.82) is 0 Å². The third kappa shape index (κ3) is 2.55. The van der Waals surface area contributed by atoms with E-state index < -0.39 is 5.91 Å². The number of carbonyl (C=O) groups is 1. The average molecular weight is 182 g/mol. The Hall–Kier alpha value is -1.36. The van der Waals surface area contributed by atoms with Gasteiger partial charge in [0.05, 0.1) is 11.7 Å². The number of primary amides is 1. The van der Waals surface area contributed by atoms with Crippen LogP contribution in [0.2, 0.25) is 0 Å². The molecule has 0 fully saturated rings. The lowest BCUT2D eigenvalue weighted by Gasteiger charge is -2.05. The van der Waals surface area contributed by atoms with E-state index >= 15 is 0 Å². The maximum absolute atomic E-state index is 10.6. The van der Waals surface area contributed by atoms with Gasteiger partial charge in [-0.15, -0.1) is 0 Å². The van der Waals surface area contributed by atoms with Gasteiger partial charge in [0.2, 0.25) is 5.91 Å². The van der Waals surface area contributed by atoms with Crippen LogP contribution in [0.4, 0.5) is 0 Å². The first-order chi connectivity index (χ1) is 6.13. The molecule has 1 aromatic rings. The third-order valence-corrected chi connectivity index (χ3v) is 1.80. The predicted molar refractivity (Wildman–Crippen MR) is 48.7 cm³/mol. The van der Waals surface area contributed by atoms with E-state index in [0.29, 0.717) is 0 Å². The fourth-order valence-corrected chi connectivity index (χ4v) is 1.07. The van der Waals surface area contributed by atoms with Crippen LogP contribution in [0.1, 0.15) is 30.9 Å². The highest BCUT2D eigenvalue weighted by molar-refractivity contribution is 5.74. The Kier molecular flexibility index (Phi) is 3.02. The quantitative estimate of drug-likeness (QED) is 0.603. The standard InChI is InChI=1S/C8H14N4O/c1-2-8-11-4-6(12-8)5(9)3-7(10)13/h4-5H,2-3,9H2,1H3,(H2,10,13)(H,11,12). The normalized spacial score (nSPS) is 12.8. The number of nitrogens with zero attached hydrogens (tertiary/aromatic N) is 1. The second kappa shape index (κ2) is 4.04. The molecule has 1 amide bonds. The molecule has 0 saturated heterocycles. The van der Waals surface area contributed by atoms with Crippen LogP contribution >= 0.6 is 0 Å². The molecule has 5 N–H and O–H groups in total. The van der Waals surface area contributed by atoms with Crippen LogP contribution in [-0.4, -0.2) is 15.9 Å². The predicted octanol–water partition coefficient (Wildman–Crippen LogP) is -0.153. The number of H-pyrrole nitrogens is 1. The summed E-state index contributed by atoms with van der Waals surface area (Å²) < 4.78 is 0. The van der Waals surface area contributed by atoms with Crippen LogP contribution < -0.4 is 11.5 Å². The van der Waals surface area contributed by atoms with E-state index in [1.54, 1.807) is 6.20 Å². The Morgan fingerprint density at radius 2 is 2.46 bits per heavy atom. The van der Waals surface area contributed by atoms with E-state index in [2.05, 4.69) is 9.97 Å². The van der Waals surface area contributed by atoms with Gasteiger partial charge >= 0.3 is 0 Å². The topological polar surface area (TPSA) is 97.8 Å². The lowest BCUT2D eigenvalue weighted by Crippen LogP contribution is -2.20. The molecule has 13 heavy (non-hydrogen) atoms. The minimum atomic E-state index is -0.403. The summed E-state index contributed by atoms with van der Waals surface area (Å²) in [5.41, 5.74) is 11.5. The molecule has 5 nitrogen and oxygen atoms in total. The van der Waals surface area contributed by atoms with Gasteiger partial charge in [-0.1, -0.05) is 6.92 Å². The zero-order valence-electron chi connectivity index (χ0n) is 7.58. The van der Waals surface area contributed by atoms with E-state index in [1.165, 1.54) is 0 Å². The van der Waals surface area contributed by atoms with Crippen molar-refractivity contribution in [2.75, 3.05) is 0 Å². The Labute approximate surface area is 76.5 Å². The maximum Gasteiger partial charge on any atom is 0.219 e. The van der Waals surface area contributed by atoms with Crippen molar-refractivity contribution in [3.63, 3.8) is 0 Å². The molecule has 0 aromatic carbocycles. The van der Waals surface area contributed by atoms with Crippen LogP contribution in [0.5, 0.6) is 0 Å². The number of aromatic amines is 1. The Morgan fingerprint density at radius 3 is 2.92 bits per heavy atom. The molecule has 1 rings (SSSR count). The molecule has 1 unspecified atom stereocenters. The molecule has 1 aromatic heterocycles. The van der Waals surface area contributed by atoms with Crippen molar-refractivity contribution in [3.05, 3.63) is 17.7 Å². The first-order valence-electron chi connectivity index (χ1n) is 4.21. The number of imidazole rings is 1. The summed E-state index contributed by atoms with van der Waals surface area (Å²) >= 11 is 0. The van der Waals surface area contributed by atoms with Gasteiger partial charge in [0.15, 0.2) is 0 Å². The Balaban J connectivity index is 2.65. The van der Waals surface area contributed by atoms with Crippen molar-refractivity contribution in [2.45, 2.75) is 25.8 Å². The third-order valence-electron chi connectivity index (χ3n) is 1.80. The van der Waals surface area contributed by atoms with Crippen LogP contribution in [0.25, 0.3) is 0 Å². The van der Waals surface area contributed by atoms with Crippen molar-refractivity contribution in [3.8, 4) is 0 Å². The summed E-state index contributed by atoms with van der Waals surface area (Å²) in [6.07, 6.45) is 2.61. The van der Waals surface area contributed by atoms with Gasteiger partial charge in [-0.3, -0.25) is 4.79 Å². The van der Waals surface area contributed by atoms with Gasteiger partial charge < -0.3 is 16.5 Å². The monoisotopic (exact) mass is 182 g/mol. The van der Waals surface area contributed by atoms with Gasteiger partial charge in [-0.2, -0.15) is 0 Å². The molecule has 5 heteroatoms. The second-order valence-electron chi connectivity index (χ2n) is 2.92. The van der Waals surface area contributed by atoms with E-state index in [9.17, 15) is 4.79 Å². The van der Waals surface area contributed by atoms with E-state index in [4.69, 9.17) is 11.5 Å². The summed E-state index contributed by atoms with van der Waals surface area (Å²) in [6, 6.07) is -0.370. The van der Waals surface area contributed by atoms with Gasteiger partial charge in [-0.05, 0) is 0 Å². The number of nitrogens with two attached hydrogens (primary N) is 2. The van der Waals surface area contributed by atoms with Crippen LogP contribution in [0.3, 0.4) is 0 Å². The Morgan fingerprint density at radius 1 is 1.77 bits per heavy atom. The molecular formula is C8H14N4O. The van der Waals surface area contributed by atoms with Crippen LogP contribution in [0.15, 0.2) is 6.20 Å². The van der Waals surface area contributed by atoms with Crippen molar-refractivity contribution >= 4 is 5.91 Å². The molecule has 0 aliphatic heterocycles. The van der Waals surface area contributed by atoms with Gasteiger partial charge in [0, 0.05) is 19.0 Å². The number of nitrogens with one attached hydrogen (secondary N) is 1. The highest BCUT2D eigenvalue weighted by atomic mass is 16.1. The number of aromatic nitrogens is 2. The summed E-state index contributed by atoms with van der Waals surface area (Å²) in [5, 5.41) is 0. The number of aryl methyl sites for hydroxylation is 1. The molecule has 72 valence electrons. The van der Waals surface area contributed by atoms with E-state index in [-0.39, 0.29) is 12.5 Å². The van der Waals surface area contributed by atoms with Gasteiger partial charge in [0.1, 0.15) is 5.82 Å². The highest BCUT2D eigenvalue weighted by Gasteiger charge is 2.11. The zero-order valence-corrected chi connectivity index (χ0v) is 7.58. The van der Waals surface area contributed by atoms with E-state index in [0.717, 1.165) is 17.9 Å². The number of hydrogen-bond donors (Lipinski definition) is 3. The smallest absolute Gasteiger partial charge is 0.219 e. The molecule has 0 spiro atoms. The summed E-state index contributed by atoms with van der Waals surface area (Å²) in [6.45, 7) is 1.99. The van der Waals surface area contributed by atoms with Crippen molar-refractivity contribution in [2.24, 2.45) is 11.5 Å². The molecule has 0 aliphatic carbocycles. The second-order valence-corrected chi connectivity index (χ2v) is 2.92. The molecular weight excluding hydrogens is 168 g/mol. The number of carbonyl (C=O) groups excluding carboxylic acids is 1. The average Bonchev–Trinajstić information content (AvgIpc) is 2.50. The first kappa shape index (κ1) is 9.73. The molecule has 1 heterocycles. The fraction of sp³-hybridized carbons (Fsp3) is 0.500. The van der Waals surface area contributed by atoms with Crippen molar-refractivity contribution < 1.29 is 4.79 Å². The highest BCUT2D eigenvalue weighted by Crippen LogP contribution is 2.10. The number of hydrogen-bond acceptors (Lipinski definition) is 3. The fourth-order valence-electron chi connectivity index (χ4n) is 1.07.